The third-order valence-corrected chi connectivity index (χ3v) is 10.4. The zero-order valence-corrected chi connectivity index (χ0v) is 28.7. The lowest BCUT2D eigenvalue weighted by atomic mass is 9.96. The maximum atomic E-state index is 13.3. The second kappa shape index (κ2) is 14.6. The van der Waals surface area contributed by atoms with Gasteiger partial charge in [0.15, 0.2) is 6.29 Å². The van der Waals surface area contributed by atoms with Crippen molar-refractivity contribution in [1.29, 1.82) is 0 Å². The standard InChI is InChI=1S/C40H40N6O7/c47-22-32-36(48)37(49)35(39(51)53-32)44-38(50)26-14-15-28-30(20-26)42-34(33(41-28)24-6-2-1-3-7-24)25-12-10-23(11-13-25)21-45-18-16-27(17-19-45)46-31-9-5-4-8-29(31)43-40(46)52/h1-15,20,27,32,35-37,39,47-49,51H,16-19,21-22H2,(H,43,52)(H,44,50). The highest BCUT2D eigenvalue weighted by Gasteiger charge is 2.44. The number of aromatic nitrogens is 4. The number of piperidine rings is 1. The molecule has 2 aromatic heterocycles. The van der Waals surface area contributed by atoms with Crippen molar-refractivity contribution in [2.75, 3.05) is 19.7 Å². The fraction of sp³-hybridized carbons (Fsp3) is 0.300. The molecule has 8 rings (SSSR count). The molecule has 0 radical (unpaired) electrons. The number of aromatic amines is 1. The first kappa shape index (κ1) is 34.8. The van der Waals surface area contributed by atoms with Gasteiger partial charge in [0.25, 0.3) is 5.91 Å². The van der Waals surface area contributed by atoms with Gasteiger partial charge >= 0.3 is 5.69 Å². The predicted molar refractivity (Wildman–Crippen MR) is 198 cm³/mol. The molecule has 13 nitrogen and oxygen atoms in total. The van der Waals surface area contributed by atoms with Crippen LogP contribution in [0.1, 0.15) is 34.8 Å². The van der Waals surface area contributed by atoms with Gasteiger partial charge in [0.05, 0.1) is 40.1 Å². The van der Waals surface area contributed by atoms with Crippen LogP contribution in [-0.4, -0.2) is 101 Å². The summed E-state index contributed by atoms with van der Waals surface area (Å²) in [5.74, 6) is -0.620. The highest BCUT2D eigenvalue weighted by Crippen LogP contribution is 2.32. The molecule has 0 spiro atoms. The summed E-state index contributed by atoms with van der Waals surface area (Å²) in [6.07, 6.45) is -4.12. The number of imidazole rings is 1. The first-order valence-corrected chi connectivity index (χ1v) is 17.8. The van der Waals surface area contributed by atoms with E-state index < -0.39 is 43.2 Å². The number of hydrogen-bond donors (Lipinski definition) is 6. The van der Waals surface area contributed by atoms with E-state index in [4.69, 9.17) is 14.7 Å². The number of nitrogens with zero attached hydrogens (tertiary/aromatic N) is 4. The van der Waals surface area contributed by atoms with Crippen LogP contribution in [0.25, 0.3) is 44.6 Å². The summed E-state index contributed by atoms with van der Waals surface area (Å²) < 4.78 is 7.09. The van der Waals surface area contributed by atoms with E-state index in [9.17, 15) is 30.0 Å². The summed E-state index contributed by atoms with van der Waals surface area (Å²) in [6.45, 7) is 1.91. The van der Waals surface area contributed by atoms with Gasteiger partial charge in [-0.05, 0) is 48.7 Å². The number of rotatable bonds is 8. The average molecular weight is 717 g/mol. The van der Waals surface area contributed by atoms with Crippen LogP contribution in [0.15, 0.2) is 102 Å². The molecule has 5 atom stereocenters. The van der Waals surface area contributed by atoms with Crippen LogP contribution >= 0.6 is 0 Å². The molecule has 2 aliphatic heterocycles. The second-order valence-electron chi connectivity index (χ2n) is 13.7. The van der Waals surface area contributed by atoms with Gasteiger partial charge in [-0.15, -0.1) is 0 Å². The normalized spacial score (nSPS) is 22.7. The second-order valence-corrected chi connectivity index (χ2v) is 13.7. The van der Waals surface area contributed by atoms with E-state index in [0.29, 0.717) is 22.4 Å². The Kier molecular flexibility index (Phi) is 9.60. The molecule has 1 amide bonds. The molecule has 2 aliphatic rings. The van der Waals surface area contributed by atoms with Crippen LogP contribution in [0.2, 0.25) is 0 Å². The highest BCUT2D eigenvalue weighted by molar-refractivity contribution is 5.98. The molecule has 2 fully saturated rings. The zero-order chi connectivity index (χ0) is 36.6. The fourth-order valence-corrected chi connectivity index (χ4v) is 7.48. The maximum Gasteiger partial charge on any atom is 0.326 e. The number of carbonyl (C=O) groups excluding carboxylic acids is 1. The number of nitrogens with one attached hydrogen (secondary N) is 2. The Morgan fingerprint density at radius 3 is 2.25 bits per heavy atom. The van der Waals surface area contributed by atoms with Crippen molar-refractivity contribution >= 4 is 28.0 Å². The van der Waals surface area contributed by atoms with Crippen molar-refractivity contribution in [1.82, 2.24) is 29.7 Å². The third-order valence-electron chi connectivity index (χ3n) is 10.4. The summed E-state index contributed by atoms with van der Waals surface area (Å²) in [5, 5.41) is 43.1. The molecule has 4 aromatic carbocycles. The first-order chi connectivity index (χ1) is 25.8. The van der Waals surface area contributed by atoms with Gasteiger partial charge in [-0.25, -0.2) is 14.8 Å². The Bertz CT molecular complexity index is 2300. The van der Waals surface area contributed by atoms with Crippen molar-refractivity contribution in [3.05, 3.63) is 119 Å². The number of H-pyrrole nitrogens is 1. The van der Waals surface area contributed by atoms with Gasteiger partial charge in [0.2, 0.25) is 0 Å². The number of fused-ring (bicyclic) bond motifs is 2. The number of para-hydroxylation sites is 2. The molecule has 53 heavy (non-hydrogen) atoms. The molecule has 6 aromatic rings. The molecule has 0 bridgehead atoms. The summed E-state index contributed by atoms with van der Waals surface area (Å²) in [4.78, 5) is 41.4. The van der Waals surface area contributed by atoms with Crippen LogP contribution < -0.4 is 11.0 Å². The van der Waals surface area contributed by atoms with Crippen molar-refractivity contribution in [3.63, 3.8) is 0 Å². The van der Waals surface area contributed by atoms with Crippen molar-refractivity contribution in [2.45, 2.75) is 56.1 Å². The van der Waals surface area contributed by atoms with E-state index in [1.54, 1.807) is 18.2 Å². The van der Waals surface area contributed by atoms with Gasteiger partial charge in [0, 0.05) is 42.4 Å². The van der Waals surface area contributed by atoms with Gasteiger partial charge in [0.1, 0.15) is 24.4 Å². The maximum absolute atomic E-state index is 13.3. The fourth-order valence-electron chi connectivity index (χ4n) is 7.48. The minimum Gasteiger partial charge on any atom is -0.394 e. The minimum atomic E-state index is -1.64. The van der Waals surface area contributed by atoms with Gasteiger partial charge in [-0.1, -0.05) is 66.7 Å². The largest absolute Gasteiger partial charge is 0.394 e. The van der Waals surface area contributed by atoms with Crippen LogP contribution in [0, 0.1) is 0 Å². The van der Waals surface area contributed by atoms with Crippen LogP contribution in [0.3, 0.4) is 0 Å². The number of aliphatic hydroxyl groups excluding tert-OH is 4. The molecule has 5 unspecified atom stereocenters. The van der Waals surface area contributed by atoms with E-state index in [0.717, 1.165) is 60.2 Å². The number of aliphatic hydroxyl groups is 4. The van der Waals surface area contributed by atoms with Crippen LogP contribution in [-0.2, 0) is 11.3 Å². The monoisotopic (exact) mass is 716 g/mol. The van der Waals surface area contributed by atoms with Crippen LogP contribution in [0.5, 0.6) is 0 Å². The number of amides is 1. The molecule has 2 saturated heterocycles. The SMILES string of the molecule is O=C(NC1C(O)OC(CO)C(O)C1O)c1ccc2nc(-c3ccccc3)c(-c3ccc(CN4CCC(n5c(=O)[nH]c6ccccc65)CC4)cc3)nc2c1. The highest BCUT2D eigenvalue weighted by atomic mass is 16.6. The number of ether oxygens (including phenoxy) is 1. The third kappa shape index (κ3) is 6.86. The van der Waals surface area contributed by atoms with E-state index >= 15 is 0 Å². The molecule has 13 heteroatoms. The molecular formula is C40H40N6O7. The van der Waals surface area contributed by atoms with Crippen molar-refractivity contribution in [3.8, 4) is 22.5 Å². The Balaban J connectivity index is 1.01. The minimum absolute atomic E-state index is 0.0565. The van der Waals surface area contributed by atoms with Gasteiger partial charge in [-0.2, -0.15) is 0 Å². The lowest BCUT2D eigenvalue weighted by molar-refractivity contribution is -0.252. The Morgan fingerprint density at radius 2 is 1.51 bits per heavy atom. The van der Waals surface area contributed by atoms with E-state index in [1.807, 2.05) is 71.3 Å². The molecule has 4 heterocycles. The zero-order valence-electron chi connectivity index (χ0n) is 28.7. The summed E-state index contributed by atoms with van der Waals surface area (Å²) >= 11 is 0. The quantitative estimate of drug-likeness (QED) is 0.137. The predicted octanol–water partition coefficient (Wildman–Crippen LogP) is 2.97. The lowest BCUT2D eigenvalue weighted by Gasteiger charge is -2.40. The first-order valence-electron chi connectivity index (χ1n) is 17.8. The summed E-state index contributed by atoms with van der Waals surface area (Å²) in [5.41, 5.74) is 7.23. The lowest BCUT2D eigenvalue weighted by Crippen LogP contribution is -2.64. The Morgan fingerprint density at radius 1 is 0.830 bits per heavy atom. The Labute approximate surface area is 304 Å². The summed E-state index contributed by atoms with van der Waals surface area (Å²) in [7, 11) is 0. The summed E-state index contributed by atoms with van der Waals surface area (Å²) in [6, 6.07) is 29.5. The number of hydrogen-bond acceptors (Lipinski definition) is 10. The number of carbonyl (C=O) groups is 1. The molecule has 0 aliphatic carbocycles. The van der Waals surface area contributed by atoms with Crippen LogP contribution in [0.4, 0.5) is 0 Å². The van der Waals surface area contributed by atoms with Gasteiger partial charge < -0.3 is 35.5 Å². The molecule has 0 saturated carbocycles. The number of benzene rings is 4. The topological polar surface area (TPSA) is 186 Å². The van der Waals surface area contributed by atoms with Gasteiger partial charge in [-0.3, -0.25) is 14.3 Å². The molecular weight excluding hydrogens is 676 g/mol. The number of likely N-dealkylation sites (tertiary alicyclic amines) is 1. The average Bonchev–Trinajstić information content (AvgIpc) is 3.53. The van der Waals surface area contributed by atoms with Crippen molar-refractivity contribution < 1.29 is 30.0 Å². The Hall–Kier alpha value is -5.28. The van der Waals surface area contributed by atoms with E-state index in [-0.39, 0.29) is 17.3 Å². The molecule has 272 valence electrons. The smallest absolute Gasteiger partial charge is 0.326 e. The van der Waals surface area contributed by atoms with E-state index in [2.05, 4.69) is 27.3 Å². The van der Waals surface area contributed by atoms with Crippen molar-refractivity contribution in [2.24, 2.45) is 0 Å². The van der Waals surface area contributed by atoms with E-state index in [1.165, 1.54) is 0 Å². The molecule has 6 N–H and O–H groups in total.